The van der Waals surface area contributed by atoms with E-state index in [4.69, 9.17) is 9.47 Å². The van der Waals surface area contributed by atoms with Crippen LogP contribution in [0.4, 0.5) is 0 Å². The van der Waals surface area contributed by atoms with Gasteiger partial charge >= 0.3 is 5.97 Å². The highest BCUT2D eigenvalue weighted by atomic mass is 127. The highest BCUT2D eigenvalue weighted by Crippen LogP contribution is 2.39. The Bertz CT molecular complexity index is 650. The first-order valence-corrected chi connectivity index (χ1v) is 14.1. The molecule has 0 saturated carbocycles. The number of ketones is 1. The molecule has 0 amide bonds. The first kappa shape index (κ1) is 29.2. The lowest BCUT2D eigenvalue weighted by molar-refractivity contribution is -0.371. The summed E-state index contributed by atoms with van der Waals surface area (Å²) in [6, 6.07) is 4.17. The molecule has 5 nitrogen and oxygen atoms in total. The van der Waals surface area contributed by atoms with Crippen LogP contribution in [0, 0.1) is 0 Å². The molecule has 172 valence electrons. The van der Waals surface area contributed by atoms with Crippen LogP contribution in [-0.4, -0.2) is 30.8 Å². The van der Waals surface area contributed by atoms with Gasteiger partial charge in [-0.15, -0.1) is 0 Å². The van der Waals surface area contributed by atoms with E-state index in [9.17, 15) is 9.59 Å². The van der Waals surface area contributed by atoms with E-state index in [1.165, 1.54) is 8.93 Å². The number of hydrogen-bond acceptors (Lipinski definition) is 5. The minimum absolute atomic E-state index is 0.0433. The molecule has 0 aliphatic rings. The Balaban J connectivity index is 0.00000407. The van der Waals surface area contributed by atoms with Crippen molar-refractivity contribution in [2.24, 2.45) is 0 Å². The normalized spacial score (nSPS) is 12.8. The van der Waals surface area contributed by atoms with Crippen molar-refractivity contribution in [2.75, 3.05) is 13.7 Å². The Morgan fingerprint density at radius 3 is 1.93 bits per heavy atom. The largest absolute Gasteiger partial charge is 0.496 e. The fourth-order valence-electron chi connectivity index (χ4n) is 3.18. The molecule has 3 N–H and O–H groups in total. The van der Waals surface area contributed by atoms with E-state index in [2.05, 4.69) is 66.8 Å². The number of ether oxygens (including phenoxy) is 2. The van der Waals surface area contributed by atoms with E-state index < -0.39 is 0 Å². The Labute approximate surface area is 198 Å². The van der Waals surface area contributed by atoms with E-state index in [1.807, 2.05) is 13.8 Å². The van der Waals surface area contributed by atoms with Crippen molar-refractivity contribution in [1.29, 1.82) is 0 Å². The first-order valence-electron chi connectivity index (χ1n) is 10.7. The number of benzene rings is 1. The summed E-state index contributed by atoms with van der Waals surface area (Å²) in [5, 5.41) is -0.349. The van der Waals surface area contributed by atoms with Crippen LogP contribution in [-0.2, 0) is 14.3 Å². The molecule has 30 heavy (non-hydrogen) atoms. The molecular weight excluding hydrogens is 513 g/mol. The number of carbonyl (C=O) groups is 2. The number of quaternary nitrogens is 1. The molecule has 1 aromatic rings. The Morgan fingerprint density at radius 1 is 1.07 bits per heavy atom. The molecule has 0 aromatic heterocycles. The molecule has 0 bridgehead atoms. The molecule has 0 aliphatic carbocycles. The van der Waals surface area contributed by atoms with E-state index in [1.54, 1.807) is 14.0 Å². The van der Waals surface area contributed by atoms with E-state index in [-0.39, 0.29) is 47.7 Å². The summed E-state index contributed by atoms with van der Waals surface area (Å²) in [7, 11) is 3.09. The van der Waals surface area contributed by atoms with Gasteiger partial charge in [-0.3, -0.25) is 9.59 Å². The summed E-state index contributed by atoms with van der Waals surface area (Å²) in [5.41, 5.74) is 7.09. The van der Waals surface area contributed by atoms with Crippen LogP contribution in [0.3, 0.4) is 0 Å². The van der Waals surface area contributed by atoms with Crippen molar-refractivity contribution in [3.63, 3.8) is 0 Å². The Hall–Kier alpha value is -0.800. The average molecular weight is 553 g/mol. The number of esters is 1. The second-order valence-corrected chi connectivity index (χ2v) is 9.77. The van der Waals surface area contributed by atoms with Gasteiger partial charge in [-0.1, -0.05) is 53.7 Å². The van der Waals surface area contributed by atoms with Crippen molar-refractivity contribution in [3.05, 3.63) is 28.8 Å². The molecule has 0 aliphatic heterocycles. The highest BCUT2D eigenvalue weighted by Gasteiger charge is 2.27. The SMILES string of the molecule is CC.CCOC(=O)CC(CC(=O)C([NH3+])SI)c1cc(C(C)C)c(OC)c(C(C)C)c1. The van der Waals surface area contributed by atoms with Crippen LogP contribution >= 0.6 is 30.1 Å². The minimum atomic E-state index is -0.349. The molecule has 2 atom stereocenters. The minimum Gasteiger partial charge on any atom is -0.496 e. The summed E-state index contributed by atoms with van der Waals surface area (Å²) >= 11 is 2.09. The van der Waals surface area contributed by atoms with Crippen molar-refractivity contribution in [2.45, 2.75) is 84.4 Å². The fraction of sp³-hybridized carbons (Fsp3) is 0.652. The smallest absolute Gasteiger partial charge is 0.306 e. The third-order valence-corrected chi connectivity index (χ3v) is 7.04. The third-order valence-electron chi connectivity index (χ3n) is 4.72. The molecule has 0 spiro atoms. The molecule has 0 fully saturated rings. The molecule has 7 heteroatoms. The number of rotatable bonds is 11. The van der Waals surface area contributed by atoms with Gasteiger partial charge in [-0.05, 0) is 44.4 Å². The maximum atomic E-state index is 12.6. The van der Waals surface area contributed by atoms with Gasteiger partial charge in [-0.2, -0.15) is 0 Å². The van der Waals surface area contributed by atoms with Crippen molar-refractivity contribution < 1.29 is 24.8 Å². The molecule has 2 unspecified atom stereocenters. The van der Waals surface area contributed by atoms with Gasteiger partial charge < -0.3 is 15.2 Å². The quantitative estimate of drug-likeness (QED) is 0.219. The molecule has 0 heterocycles. The maximum absolute atomic E-state index is 12.6. The van der Waals surface area contributed by atoms with Crippen LogP contribution in [0.5, 0.6) is 5.75 Å². The second kappa shape index (κ2) is 15.1. The van der Waals surface area contributed by atoms with E-state index in [0.29, 0.717) is 6.61 Å². The van der Waals surface area contributed by atoms with Gasteiger partial charge in [0.15, 0.2) is 5.37 Å². The maximum Gasteiger partial charge on any atom is 0.306 e. The second-order valence-electron chi connectivity index (χ2n) is 7.50. The van der Waals surface area contributed by atoms with Crippen molar-refractivity contribution in [3.8, 4) is 5.75 Å². The van der Waals surface area contributed by atoms with Gasteiger partial charge in [0.1, 0.15) is 5.75 Å². The van der Waals surface area contributed by atoms with Gasteiger partial charge in [-0.25, -0.2) is 0 Å². The standard InChI is InChI=1S/C21H32INO4S.C2H6/c1-7-27-19(25)11-15(10-18(24)21(23)28-22)14-8-16(12(2)3)20(26-6)17(9-14)13(4)5;1-2/h8-9,12-13,15,21H,7,10-11,23H2,1-6H3;1-2H3/p+1. The monoisotopic (exact) mass is 552 g/mol. The number of halogens is 1. The first-order chi connectivity index (χ1) is 14.2. The van der Waals surface area contributed by atoms with Crippen LogP contribution in [0.25, 0.3) is 0 Å². The van der Waals surface area contributed by atoms with E-state index in [0.717, 1.165) is 22.4 Å². The summed E-state index contributed by atoms with van der Waals surface area (Å²) in [6.07, 6.45) is 0.448. The molecule has 0 saturated heterocycles. The van der Waals surface area contributed by atoms with Gasteiger partial charge in [0.2, 0.25) is 5.78 Å². The third kappa shape index (κ3) is 8.75. The van der Waals surface area contributed by atoms with Gasteiger partial charge in [0.25, 0.3) is 0 Å². The van der Waals surface area contributed by atoms with Gasteiger partial charge in [0.05, 0.1) is 20.1 Å². The molecular formula is C23H39INO4S+. The number of carbonyl (C=O) groups excluding carboxylic acids is 2. The zero-order valence-corrected chi connectivity index (χ0v) is 22.7. The predicted molar refractivity (Wildman–Crippen MR) is 134 cm³/mol. The van der Waals surface area contributed by atoms with E-state index >= 15 is 0 Å². The highest BCUT2D eigenvalue weighted by molar-refractivity contribution is 14.2. The van der Waals surface area contributed by atoms with Crippen LogP contribution in [0.2, 0.25) is 0 Å². The molecule has 1 aromatic carbocycles. The predicted octanol–water partition coefficient (Wildman–Crippen LogP) is 5.62. The van der Waals surface area contributed by atoms with Crippen LogP contribution in [0.1, 0.15) is 95.8 Å². The summed E-state index contributed by atoms with van der Waals surface area (Å²) in [4.78, 5) is 24.8. The van der Waals surface area contributed by atoms with Crippen LogP contribution in [0.15, 0.2) is 12.1 Å². The van der Waals surface area contributed by atoms with Gasteiger partial charge in [0, 0.05) is 33.5 Å². The van der Waals surface area contributed by atoms with Crippen LogP contribution < -0.4 is 10.5 Å². The topological polar surface area (TPSA) is 80.2 Å². The average Bonchev–Trinajstić information content (AvgIpc) is 2.72. The zero-order chi connectivity index (χ0) is 23.4. The lowest BCUT2D eigenvalue weighted by atomic mass is 9.84. The lowest BCUT2D eigenvalue weighted by Crippen LogP contribution is -2.62. The molecule has 0 radical (unpaired) electrons. The zero-order valence-electron chi connectivity index (χ0n) is 19.7. The number of methoxy groups -OCH3 is 1. The number of Topliss-reactive ketones (excluding diaryl/α,β-unsaturated/α-hetero) is 1. The molecule has 1 rings (SSSR count). The number of hydrogen-bond donors (Lipinski definition) is 1. The Morgan fingerprint density at radius 2 is 1.57 bits per heavy atom. The van der Waals surface area contributed by atoms with Crippen molar-refractivity contribution in [1.82, 2.24) is 0 Å². The lowest BCUT2D eigenvalue weighted by Gasteiger charge is -2.24. The Kier molecular flexibility index (Phi) is 14.7. The summed E-state index contributed by atoms with van der Waals surface area (Å²) in [6.45, 7) is 14.6. The summed E-state index contributed by atoms with van der Waals surface area (Å²) < 4.78 is 10.9. The summed E-state index contributed by atoms with van der Waals surface area (Å²) in [5.74, 6) is 0.944. The fourth-order valence-corrected chi connectivity index (χ4v) is 4.23. The van der Waals surface area contributed by atoms with Crippen molar-refractivity contribution >= 4 is 41.9 Å².